The van der Waals surface area contributed by atoms with Crippen LogP contribution < -0.4 is 0 Å². The summed E-state index contributed by atoms with van der Waals surface area (Å²) in [6.45, 7) is 0. The third kappa shape index (κ3) is 3.37. The number of methoxy groups -OCH3 is 1. The molecule has 5 heteroatoms. The van der Waals surface area contributed by atoms with Crippen LogP contribution in [0.25, 0.3) is 0 Å². The lowest BCUT2D eigenvalue weighted by Crippen LogP contribution is -2.04. The van der Waals surface area contributed by atoms with Crippen molar-refractivity contribution in [2.24, 2.45) is 0 Å². The third-order valence-corrected chi connectivity index (χ3v) is 2.35. The molecule has 0 unspecified atom stereocenters. The number of rotatable bonds is 2. The molecule has 0 fully saturated rings. The Balaban J connectivity index is 0.00000169. The van der Waals surface area contributed by atoms with Crippen LogP contribution in [0.1, 0.15) is 5.56 Å². The summed E-state index contributed by atoms with van der Waals surface area (Å²) in [6, 6.07) is 5.25. The summed E-state index contributed by atoms with van der Waals surface area (Å²) in [7, 11) is 1.45. The first-order valence-corrected chi connectivity index (χ1v) is 4.45. The van der Waals surface area contributed by atoms with Gasteiger partial charge < -0.3 is 4.74 Å². The summed E-state index contributed by atoms with van der Waals surface area (Å²) in [4.78, 5) is 0. The molecule has 0 heterocycles. The van der Waals surface area contributed by atoms with Gasteiger partial charge in [0.05, 0.1) is 13.5 Å². The van der Waals surface area contributed by atoms with Gasteiger partial charge in [0.1, 0.15) is 0 Å². The SMILES string of the molecule is COC(=N)Cc1c(Cl)cccc1Cl.Cl. The fourth-order valence-electron chi connectivity index (χ4n) is 0.934. The van der Waals surface area contributed by atoms with Gasteiger partial charge in [-0.25, -0.2) is 0 Å². The molecule has 0 radical (unpaired) electrons. The van der Waals surface area contributed by atoms with Crippen molar-refractivity contribution in [2.75, 3.05) is 7.11 Å². The minimum Gasteiger partial charge on any atom is -0.484 e. The maximum absolute atomic E-state index is 7.33. The fraction of sp³-hybridized carbons (Fsp3) is 0.222. The average molecular weight is 255 g/mol. The Morgan fingerprint density at radius 1 is 1.36 bits per heavy atom. The van der Waals surface area contributed by atoms with E-state index in [1.807, 2.05) is 0 Å². The number of halogens is 3. The zero-order valence-corrected chi connectivity index (χ0v) is 9.84. The summed E-state index contributed by atoms with van der Waals surface area (Å²) in [5.41, 5.74) is 0.734. The summed E-state index contributed by atoms with van der Waals surface area (Å²) in [5, 5.41) is 8.46. The minimum absolute atomic E-state index is 0. The molecule has 78 valence electrons. The van der Waals surface area contributed by atoms with Gasteiger partial charge in [-0.1, -0.05) is 29.3 Å². The number of benzene rings is 1. The molecule has 0 aromatic heterocycles. The highest BCUT2D eigenvalue weighted by Gasteiger charge is 2.07. The van der Waals surface area contributed by atoms with E-state index in [4.69, 9.17) is 33.3 Å². The van der Waals surface area contributed by atoms with Crippen LogP contribution in [0.3, 0.4) is 0 Å². The van der Waals surface area contributed by atoms with Crippen molar-refractivity contribution in [2.45, 2.75) is 6.42 Å². The molecule has 2 nitrogen and oxygen atoms in total. The molecule has 0 bridgehead atoms. The van der Waals surface area contributed by atoms with Crippen LogP contribution in [0.15, 0.2) is 18.2 Å². The third-order valence-electron chi connectivity index (χ3n) is 1.65. The van der Waals surface area contributed by atoms with Crippen molar-refractivity contribution >= 4 is 41.5 Å². The lowest BCUT2D eigenvalue weighted by molar-refractivity contribution is 0.390. The van der Waals surface area contributed by atoms with Crippen molar-refractivity contribution in [3.63, 3.8) is 0 Å². The first-order chi connectivity index (χ1) is 6.15. The van der Waals surface area contributed by atoms with E-state index in [0.717, 1.165) is 5.56 Å². The maximum Gasteiger partial charge on any atom is 0.184 e. The summed E-state index contributed by atoms with van der Waals surface area (Å²) in [6.07, 6.45) is 0.328. The Kier molecular flexibility index (Phi) is 5.93. The molecular weight excluding hydrogens is 244 g/mol. The van der Waals surface area contributed by atoms with Crippen molar-refractivity contribution in [1.82, 2.24) is 0 Å². The van der Waals surface area contributed by atoms with Gasteiger partial charge in [-0.3, -0.25) is 5.41 Å². The van der Waals surface area contributed by atoms with Gasteiger partial charge >= 0.3 is 0 Å². The Labute approximate surface area is 99.1 Å². The molecule has 1 rings (SSSR count). The minimum atomic E-state index is 0. The van der Waals surface area contributed by atoms with Crippen LogP contribution in [0.5, 0.6) is 0 Å². The van der Waals surface area contributed by atoms with Crippen molar-refractivity contribution in [1.29, 1.82) is 5.41 Å². The summed E-state index contributed by atoms with van der Waals surface area (Å²) in [5.74, 6) is 0.148. The van der Waals surface area contributed by atoms with E-state index in [1.165, 1.54) is 7.11 Å². The zero-order chi connectivity index (χ0) is 9.84. The first-order valence-electron chi connectivity index (χ1n) is 3.69. The van der Waals surface area contributed by atoms with Crippen LogP contribution in [-0.4, -0.2) is 13.0 Å². The normalized spacial score (nSPS) is 9.07. The number of ether oxygens (including phenoxy) is 1. The molecule has 0 saturated heterocycles. The average Bonchev–Trinajstić information content (AvgIpc) is 2.11. The van der Waals surface area contributed by atoms with Gasteiger partial charge in [-0.2, -0.15) is 0 Å². The lowest BCUT2D eigenvalue weighted by Gasteiger charge is -2.06. The van der Waals surface area contributed by atoms with Crippen LogP contribution in [0, 0.1) is 5.41 Å². The molecule has 0 aliphatic carbocycles. The largest absolute Gasteiger partial charge is 0.484 e. The van der Waals surface area contributed by atoms with Gasteiger partial charge in [0.2, 0.25) is 0 Å². The van der Waals surface area contributed by atoms with Gasteiger partial charge in [0, 0.05) is 10.0 Å². The topological polar surface area (TPSA) is 33.1 Å². The predicted molar refractivity (Wildman–Crippen MR) is 62.1 cm³/mol. The van der Waals surface area contributed by atoms with E-state index in [2.05, 4.69) is 0 Å². The monoisotopic (exact) mass is 253 g/mol. The van der Waals surface area contributed by atoms with E-state index in [-0.39, 0.29) is 18.3 Å². The smallest absolute Gasteiger partial charge is 0.184 e. The predicted octanol–water partition coefficient (Wildman–Crippen LogP) is 3.58. The molecule has 1 aromatic carbocycles. The van der Waals surface area contributed by atoms with E-state index in [0.29, 0.717) is 16.5 Å². The number of hydrogen-bond acceptors (Lipinski definition) is 2. The van der Waals surface area contributed by atoms with Crippen LogP contribution in [-0.2, 0) is 11.2 Å². The second kappa shape index (κ2) is 6.12. The maximum atomic E-state index is 7.33. The number of nitrogens with one attached hydrogen (secondary N) is 1. The van der Waals surface area contributed by atoms with E-state index < -0.39 is 0 Å². The lowest BCUT2D eigenvalue weighted by atomic mass is 10.1. The second-order valence-electron chi connectivity index (χ2n) is 2.50. The van der Waals surface area contributed by atoms with E-state index >= 15 is 0 Å². The molecule has 0 aliphatic heterocycles. The quantitative estimate of drug-likeness (QED) is 0.635. The highest BCUT2D eigenvalue weighted by Crippen LogP contribution is 2.24. The molecule has 0 atom stereocenters. The second-order valence-corrected chi connectivity index (χ2v) is 3.32. The van der Waals surface area contributed by atoms with Crippen molar-refractivity contribution in [3.8, 4) is 0 Å². The zero-order valence-electron chi connectivity index (χ0n) is 7.51. The highest BCUT2D eigenvalue weighted by molar-refractivity contribution is 6.36. The Morgan fingerprint density at radius 3 is 2.29 bits per heavy atom. The van der Waals surface area contributed by atoms with Crippen LogP contribution in [0.4, 0.5) is 0 Å². The van der Waals surface area contributed by atoms with Gasteiger partial charge in [0.25, 0.3) is 0 Å². The molecular formula is C9H10Cl3NO. The van der Waals surface area contributed by atoms with Gasteiger partial charge in [-0.15, -0.1) is 12.4 Å². The number of hydrogen-bond donors (Lipinski definition) is 1. The Hall–Kier alpha value is -0.440. The molecule has 0 saturated carbocycles. The van der Waals surface area contributed by atoms with Crippen LogP contribution >= 0.6 is 35.6 Å². The Bertz CT molecular complexity index is 308. The molecule has 0 aliphatic rings. The summed E-state index contributed by atoms with van der Waals surface area (Å²) < 4.78 is 4.73. The Morgan fingerprint density at radius 2 is 1.86 bits per heavy atom. The fourth-order valence-corrected chi connectivity index (χ4v) is 1.47. The van der Waals surface area contributed by atoms with Crippen molar-refractivity contribution in [3.05, 3.63) is 33.8 Å². The summed E-state index contributed by atoms with van der Waals surface area (Å²) >= 11 is 11.8. The van der Waals surface area contributed by atoms with Gasteiger partial charge in [0.15, 0.2) is 5.90 Å². The van der Waals surface area contributed by atoms with E-state index in [1.54, 1.807) is 18.2 Å². The molecule has 0 spiro atoms. The molecule has 1 aromatic rings. The van der Waals surface area contributed by atoms with Gasteiger partial charge in [-0.05, 0) is 17.7 Å². The van der Waals surface area contributed by atoms with Crippen molar-refractivity contribution < 1.29 is 4.74 Å². The molecule has 14 heavy (non-hydrogen) atoms. The van der Waals surface area contributed by atoms with Crippen LogP contribution in [0.2, 0.25) is 10.0 Å². The first kappa shape index (κ1) is 13.6. The molecule has 0 amide bonds. The standard InChI is InChI=1S/C9H9Cl2NO.ClH/c1-13-9(12)5-6-7(10)3-2-4-8(6)11;/h2-4,12H,5H2,1H3;1H. The highest BCUT2D eigenvalue weighted by atomic mass is 35.5. The van der Waals surface area contributed by atoms with E-state index in [9.17, 15) is 0 Å². The molecule has 1 N–H and O–H groups in total.